The number of aromatic amines is 2. The number of Topliss-reactive ketones (excluding diaryl/α,β-unsaturated/α-hetero) is 1. The number of hydrogen-bond acceptors (Lipinski definition) is 13. The predicted octanol–water partition coefficient (Wildman–Crippen LogP) is -1.02. The summed E-state index contributed by atoms with van der Waals surface area (Å²) >= 11 is 0. The first kappa shape index (κ1) is 47.4. The van der Waals surface area contributed by atoms with Crippen molar-refractivity contribution < 1.29 is 65.1 Å². The zero-order valence-electron chi connectivity index (χ0n) is 34.0. The molecule has 2 aliphatic rings. The monoisotopic (exact) mass is 777 g/mol. The Morgan fingerprint density at radius 2 is 1.27 bits per heavy atom. The van der Waals surface area contributed by atoms with E-state index in [0.717, 1.165) is 6.42 Å². The third-order valence-corrected chi connectivity index (χ3v) is 9.01. The number of fused-ring (bicyclic) bond motifs is 2. The Labute approximate surface area is 343 Å². The van der Waals surface area contributed by atoms with Gasteiger partial charge in [0, 0.05) is 38.7 Å². The van der Waals surface area contributed by atoms with E-state index in [4.69, 9.17) is 14.6 Å². The first-order chi connectivity index (χ1) is 25.1. The molecule has 2 fully saturated rings. The minimum Gasteiger partial charge on any atom is -1.00 e. The van der Waals surface area contributed by atoms with Gasteiger partial charge in [0.2, 0.25) is 23.7 Å². The van der Waals surface area contributed by atoms with Gasteiger partial charge in [-0.05, 0) is 19.8 Å². The van der Waals surface area contributed by atoms with Gasteiger partial charge in [0.25, 0.3) is 11.1 Å². The maximum absolute atomic E-state index is 12.5. The van der Waals surface area contributed by atoms with Crippen molar-refractivity contribution in [1.29, 1.82) is 0 Å². The molecule has 0 spiro atoms. The van der Waals surface area contributed by atoms with Crippen LogP contribution in [0, 0.1) is 23.7 Å². The molecule has 6 heterocycles. The van der Waals surface area contributed by atoms with Gasteiger partial charge in [-0.1, -0.05) is 55.4 Å². The number of aliphatic hydroxyl groups excluding tert-OH is 2. The third kappa shape index (κ3) is 10.3. The van der Waals surface area contributed by atoms with Crippen LogP contribution in [0.25, 0.3) is 22.3 Å². The quantitative estimate of drug-likeness (QED) is 0.117. The zero-order chi connectivity index (χ0) is 39.3. The Morgan fingerprint density at radius 1 is 0.836 bits per heavy atom. The largest absolute Gasteiger partial charge is 1.00 e. The average molecular weight is 778 g/mol. The van der Waals surface area contributed by atoms with Crippen molar-refractivity contribution in [2.45, 2.75) is 106 Å². The van der Waals surface area contributed by atoms with Crippen molar-refractivity contribution >= 4 is 60.2 Å². The molecular formula is C34H51BN10NaO9. The molecule has 2 amide bonds. The Hall–Kier alpha value is -3.79. The number of carbonyl (C=O) groups excluding carboxylic acids is 3. The number of rotatable bonds is 8. The van der Waals surface area contributed by atoms with Crippen molar-refractivity contribution in [3.8, 4) is 0 Å². The topological polar surface area (TPSA) is 261 Å². The fraction of sp³-hybridized carbons (Fsp3) is 0.618. The summed E-state index contributed by atoms with van der Waals surface area (Å²) in [5.41, 5.74) is -0.276. The van der Waals surface area contributed by atoms with Gasteiger partial charge in [0.1, 0.15) is 6.10 Å². The summed E-state index contributed by atoms with van der Waals surface area (Å²) in [6.45, 7) is 16.6. The summed E-state index contributed by atoms with van der Waals surface area (Å²) in [5.74, 6) is -1.36. The molecule has 7 atom stereocenters. The first-order valence-electron chi connectivity index (χ1n) is 17.8. The number of nitrogens with zero attached hydrogens (tertiary/aromatic N) is 6. The number of anilines is 2. The average Bonchev–Trinajstić information content (AvgIpc) is 3.86. The molecule has 6 rings (SSSR count). The summed E-state index contributed by atoms with van der Waals surface area (Å²) in [7, 11) is 0. The second-order valence-corrected chi connectivity index (χ2v) is 13.5. The van der Waals surface area contributed by atoms with Gasteiger partial charge in [-0.3, -0.25) is 53.7 Å². The Morgan fingerprint density at radius 3 is 1.67 bits per heavy atom. The van der Waals surface area contributed by atoms with Crippen LogP contribution in [0.3, 0.4) is 0 Å². The van der Waals surface area contributed by atoms with E-state index in [1.807, 2.05) is 27.7 Å². The van der Waals surface area contributed by atoms with Crippen LogP contribution < -0.4 is 51.3 Å². The van der Waals surface area contributed by atoms with Gasteiger partial charge in [-0.25, -0.2) is 9.97 Å². The summed E-state index contributed by atoms with van der Waals surface area (Å²) in [6.07, 6.45) is 1.73. The maximum Gasteiger partial charge on any atom is 1.00 e. The van der Waals surface area contributed by atoms with Crippen LogP contribution in [0.4, 0.5) is 11.9 Å². The number of ketones is 1. The molecule has 21 heteroatoms. The van der Waals surface area contributed by atoms with E-state index in [-0.39, 0.29) is 134 Å². The number of aliphatic hydroxyl groups is 2. The van der Waals surface area contributed by atoms with Crippen molar-refractivity contribution in [1.82, 2.24) is 39.0 Å². The van der Waals surface area contributed by atoms with Crippen LogP contribution in [0.15, 0.2) is 22.2 Å². The number of imidazole rings is 2. The van der Waals surface area contributed by atoms with E-state index in [1.165, 1.54) is 17.2 Å². The molecule has 4 aromatic rings. The molecule has 0 aromatic carbocycles. The van der Waals surface area contributed by atoms with E-state index in [0.29, 0.717) is 6.42 Å². The molecule has 6 N–H and O–H groups in total. The fourth-order valence-electron chi connectivity index (χ4n) is 5.82. The molecular weight excluding hydrogens is 726 g/mol. The van der Waals surface area contributed by atoms with E-state index < -0.39 is 29.7 Å². The molecule has 55 heavy (non-hydrogen) atoms. The standard InChI is InChI=1S/C16H23N5O4.C16H21N5O4.C2H6O.B.Na.H/c2*1-5-9-8(4)11(22)15(25-9)21-6-17-10-12(21)18-16(20-14(10)24)19-13(23)7(2)3;1-2-3;;;/h6-9,11,15,22H,5H2,1-4H3,(H2,18,19,20,23,24);6-9,15H,5H2,1-4H3,(H2,18,19,20,23,24);3H,2H2,1H3;;;/q;;;;+1;-1/t8-,9-,11+,15-;8-,9-,15-;;;;/m11..../s1. The SMILES string of the molecule is CCO.CC[C@H]1O[C@@H](n2cnc3c(=O)[nH]c(NC(=O)C(C)C)nc32)C(=O)[C@@H]1C.CC[C@H]1O[C@@H](n2cnc3c(=O)[nH]c(NC(=O)C(C)C)nc32)[C@@H](O)[C@@H]1C.[B].[H-].[Na+]. The number of ether oxygens (including phenoxy) is 2. The normalized spacial score (nSPS) is 23.1. The first-order valence-corrected chi connectivity index (χ1v) is 17.8. The van der Waals surface area contributed by atoms with Gasteiger partial charge in [-0.15, -0.1) is 0 Å². The van der Waals surface area contributed by atoms with Gasteiger partial charge >= 0.3 is 29.6 Å². The Kier molecular flexibility index (Phi) is 17.6. The summed E-state index contributed by atoms with van der Waals surface area (Å²) < 4.78 is 14.7. The minimum atomic E-state index is -0.868. The van der Waals surface area contributed by atoms with Crippen molar-refractivity contribution in [3.63, 3.8) is 0 Å². The van der Waals surface area contributed by atoms with Crippen LogP contribution in [0.2, 0.25) is 0 Å². The number of amides is 2. The molecule has 0 unspecified atom stereocenters. The minimum absolute atomic E-state index is 0. The summed E-state index contributed by atoms with van der Waals surface area (Å²) in [6, 6.07) is 0. The predicted molar refractivity (Wildman–Crippen MR) is 201 cm³/mol. The van der Waals surface area contributed by atoms with E-state index in [2.05, 4.69) is 40.5 Å². The van der Waals surface area contributed by atoms with Gasteiger partial charge in [0.05, 0.1) is 24.9 Å². The number of hydrogen-bond donors (Lipinski definition) is 6. The number of nitrogens with one attached hydrogen (secondary N) is 4. The van der Waals surface area contributed by atoms with Crippen molar-refractivity contribution in [2.75, 3.05) is 17.2 Å². The van der Waals surface area contributed by atoms with Gasteiger partial charge in [-0.2, -0.15) is 9.97 Å². The van der Waals surface area contributed by atoms with Crippen molar-refractivity contribution in [2.24, 2.45) is 23.7 Å². The maximum atomic E-state index is 12.5. The van der Waals surface area contributed by atoms with E-state index in [9.17, 15) is 29.1 Å². The molecule has 2 aliphatic heterocycles. The molecule has 3 radical (unpaired) electrons. The fourth-order valence-corrected chi connectivity index (χ4v) is 5.82. The number of aromatic nitrogens is 8. The van der Waals surface area contributed by atoms with Crippen LogP contribution >= 0.6 is 0 Å². The molecule has 0 saturated carbocycles. The molecule has 4 aromatic heterocycles. The second-order valence-electron chi connectivity index (χ2n) is 13.5. The smallest absolute Gasteiger partial charge is 1.00 e. The third-order valence-electron chi connectivity index (χ3n) is 9.01. The Bertz CT molecular complexity index is 2060. The molecule has 2 saturated heterocycles. The second kappa shape index (κ2) is 20.4. The van der Waals surface area contributed by atoms with E-state index in [1.54, 1.807) is 39.2 Å². The van der Waals surface area contributed by atoms with Crippen molar-refractivity contribution in [3.05, 3.63) is 33.4 Å². The van der Waals surface area contributed by atoms with E-state index >= 15 is 0 Å². The van der Waals surface area contributed by atoms with Crippen LogP contribution in [-0.4, -0.2) is 100 Å². The molecule has 0 aliphatic carbocycles. The molecule has 19 nitrogen and oxygen atoms in total. The number of H-pyrrole nitrogens is 2. The van der Waals surface area contributed by atoms with Crippen LogP contribution in [-0.2, 0) is 23.9 Å². The van der Waals surface area contributed by atoms with Crippen LogP contribution in [0.1, 0.15) is 89.0 Å². The van der Waals surface area contributed by atoms with Gasteiger partial charge < -0.3 is 21.1 Å². The molecule has 0 bridgehead atoms. The van der Waals surface area contributed by atoms with Gasteiger partial charge in [0.15, 0.2) is 40.6 Å². The van der Waals surface area contributed by atoms with Crippen LogP contribution in [0.5, 0.6) is 0 Å². The molecule has 295 valence electrons. The number of carbonyl (C=O) groups is 3. The zero-order valence-corrected chi connectivity index (χ0v) is 35.0. The summed E-state index contributed by atoms with van der Waals surface area (Å²) in [4.78, 5) is 82.3. The summed E-state index contributed by atoms with van der Waals surface area (Å²) in [5, 5.41) is 23.2. The Balaban J connectivity index is 0.000000498.